The molecule has 0 aliphatic rings. The van der Waals surface area contributed by atoms with Crippen molar-refractivity contribution in [1.29, 1.82) is 0 Å². The van der Waals surface area contributed by atoms with Gasteiger partial charge in [0, 0.05) is 10.9 Å². The molecule has 104 valence electrons. The molecule has 0 fully saturated rings. The number of hydrogen-bond donors (Lipinski definition) is 0. The van der Waals surface area contributed by atoms with Gasteiger partial charge in [0.25, 0.3) is 0 Å². The Bertz CT molecular complexity index is 656. The molecule has 5 heteroatoms. The van der Waals surface area contributed by atoms with Crippen molar-refractivity contribution in [3.05, 3.63) is 63.6 Å². The summed E-state index contributed by atoms with van der Waals surface area (Å²) in [5.74, 6) is -1.89. The minimum absolute atomic E-state index is 0.0250. The topological polar surface area (TPSA) is 26.3 Å². The van der Waals surface area contributed by atoms with Gasteiger partial charge in [-0.1, -0.05) is 28.1 Å². The zero-order valence-electron chi connectivity index (χ0n) is 10.6. The maximum atomic E-state index is 13.6. The van der Waals surface area contributed by atoms with E-state index in [2.05, 4.69) is 15.9 Å². The number of carbonyl (C=O) groups is 1. The highest BCUT2D eigenvalue weighted by molar-refractivity contribution is 9.10. The number of ether oxygens (including phenoxy) is 1. The lowest BCUT2D eigenvalue weighted by atomic mass is 10.0. The zero-order chi connectivity index (χ0) is 14.7. The summed E-state index contributed by atoms with van der Waals surface area (Å²) in [5, 5.41) is 0. The van der Waals surface area contributed by atoms with Crippen LogP contribution in [0.15, 0.2) is 40.9 Å². The van der Waals surface area contributed by atoms with E-state index in [1.54, 1.807) is 18.2 Å². The molecule has 20 heavy (non-hydrogen) atoms. The molecule has 2 aromatic carbocycles. The first kappa shape index (κ1) is 14.7. The Morgan fingerprint density at radius 2 is 2.00 bits per heavy atom. The second-order valence-electron chi connectivity index (χ2n) is 4.16. The molecule has 0 bridgehead atoms. The third-order valence-electron chi connectivity index (χ3n) is 2.84. The van der Waals surface area contributed by atoms with Crippen LogP contribution in [0.2, 0.25) is 0 Å². The third-order valence-corrected chi connectivity index (χ3v) is 3.34. The van der Waals surface area contributed by atoms with Gasteiger partial charge in [0.05, 0.1) is 12.7 Å². The largest absolute Gasteiger partial charge is 0.496 e. The molecule has 0 aromatic heterocycles. The van der Waals surface area contributed by atoms with E-state index < -0.39 is 11.6 Å². The normalized spacial score (nSPS) is 10.4. The first-order valence-electron chi connectivity index (χ1n) is 5.82. The lowest BCUT2D eigenvalue weighted by Crippen LogP contribution is -2.08. The number of carbonyl (C=O) groups excluding carboxylic acids is 1. The van der Waals surface area contributed by atoms with Crippen LogP contribution in [0.25, 0.3) is 0 Å². The summed E-state index contributed by atoms with van der Waals surface area (Å²) in [5.41, 5.74) is 0.350. The Hall–Kier alpha value is -1.75. The van der Waals surface area contributed by atoms with Crippen molar-refractivity contribution in [2.45, 2.75) is 6.42 Å². The van der Waals surface area contributed by atoms with Crippen LogP contribution in [0.1, 0.15) is 15.9 Å². The lowest BCUT2D eigenvalue weighted by molar-refractivity contribution is 0.0988. The SMILES string of the molecule is COc1ccc(Br)cc1C(=O)Cc1cccc(F)c1F. The molecule has 2 nitrogen and oxygen atoms in total. The number of Topliss-reactive ketones (excluding diaryl/α,β-unsaturated/α-hetero) is 1. The summed E-state index contributed by atoms with van der Waals surface area (Å²) < 4.78 is 32.5. The highest BCUT2D eigenvalue weighted by Gasteiger charge is 2.16. The fraction of sp³-hybridized carbons (Fsp3) is 0.133. The highest BCUT2D eigenvalue weighted by Crippen LogP contribution is 2.25. The Morgan fingerprint density at radius 3 is 2.70 bits per heavy atom. The van der Waals surface area contributed by atoms with Gasteiger partial charge in [-0.15, -0.1) is 0 Å². The summed E-state index contributed by atoms with van der Waals surface area (Å²) >= 11 is 3.26. The predicted molar refractivity (Wildman–Crippen MR) is 75.1 cm³/mol. The molecule has 0 atom stereocenters. The predicted octanol–water partition coefficient (Wildman–Crippen LogP) is 4.16. The summed E-state index contributed by atoms with van der Waals surface area (Å²) in [6.07, 6.45) is -0.226. The van der Waals surface area contributed by atoms with Gasteiger partial charge < -0.3 is 4.74 Å². The average molecular weight is 341 g/mol. The standard InChI is InChI=1S/C15H11BrF2O2/c1-20-14-6-5-10(16)8-11(14)13(19)7-9-3-2-4-12(17)15(9)18/h2-6,8H,7H2,1H3. The molecule has 2 rings (SSSR count). The van der Waals surface area contributed by atoms with Crippen LogP contribution in [0.3, 0.4) is 0 Å². The molecule has 0 amide bonds. The quantitative estimate of drug-likeness (QED) is 0.781. The van der Waals surface area contributed by atoms with Gasteiger partial charge in [0.2, 0.25) is 0 Å². The molecule has 0 spiro atoms. The Kier molecular flexibility index (Phi) is 4.49. The van der Waals surface area contributed by atoms with Gasteiger partial charge in [-0.2, -0.15) is 0 Å². The number of benzene rings is 2. The van der Waals surface area contributed by atoms with Crippen molar-refractivity contribution in [3.63, 3.8) is 0 Å². The fourth-order valence-electron chi connectivity index (χ4n) is 1.85. The van der Waals surface area contributed by atoms with Crippen LogP contribution < -0.4 is 4.74 Å². The smallest absolute Gasteiger partial charge is 0.171 e. The molecular formula is C15H11BrF2O2. The van der Waals surface area contributed by atoms with Crippen molar-refractivity contribution in [3.8, 4) is 5.75 Å². The fourth-order valence-corrected chi connectivity index (χ4v) is 2.21. The molecular weight excluding hydrogens is 330 g/mol. The van der Waals surface area contributed by atoms with Crippen LogP contribution in [-0.4, -0.2) is 12.9 Å². The van der Waals surface area contributed by atoms with Gasteiger partial charge in [-0.3, -0.25) is 4.79 Å². The molecule has 0 unspecified atom stereocenters. The maximum absolute atomic E-state index is 13.6. The lowest BCUT2D eigenvalue weighted by Gasteiger charge is -2.09. The van der Waals surface area contributed by atoms with E-state index in [1.165, 1.54) is 19.2 Å². The Morgan fingerprint density at radius 1 is 1.25 bits per heavy atom. The van der Waals surface area contributed by atoms with Gasteiger partial charge in [-0.25, -0.2) is 8.78 Å². The highest BCUT2D eigenvalue weighted by atomic mass is 79.9. The van der Waals surface area contributed by atoms with E-state index in [4.69, 9.17) is 4.74 Å². The van der Waals surface area contributed by atoms with Gasteiger partial charge >= 0.3 is 0 Å². The molecule has 0 saturated carbocycles. The molecule has 2 aromatic rings. The number of hydrogen-bond acceptors (Lipinski definition) is 2. The summed E-state index contributed by atoms with van der Waals surface area (Å²) in [7, 11) is 1.45. The van der Waals surface area contributed by atoms with Gasteiger partial charge in [0.15, 0.2) is 17.4 Å². The van der Waals surface area contributed by atoms with E-state index in [9.17, 15) is 13.6 Å². The molecule has 0 aliphatic heterocycles. The van der Waals surface area contributed by atoms with Crippen molar-refractivity contribution in [2.24, 2.45) is 0 Å². The summed E-state index contributed by atoms with van der Waals surface area (Å²) in [4.78, 5) is 12.2. The second kappa shape index (κ2) is 6.13. The molecule has 0 N–H and O–H groups in total. The first-order chi connectivity index (χ1) is 9.52. The second-order valence-corrected chi connectivity index (χ2v) is 5.07. The van der Waals surface area contributed by atoms with Crippen LogP contribution in [0.4, 0.5) is 8.78 Å². The molecule has 0 aliphatic carbocycles. The van der Waals surface area contributed by atoms with Gasteiger partial charge in [-0.05, 0) is 29.8 Å². The zero-order valence-corrected chi connectivity index (χ0v) is 12.2. The van der Waals surface area contributed by atoms with Crippen LogP contribution in [0.5, 0.6) is 5.75 Å². The monoisotopic (exact) mass is 340 g/mol. The van der Waals surface area contributed by atoms with Crippen molar-refractivity contribution < 1.29 is 18.3 Å². The van der Waals surface area contributed by atoms with E-state index in [0.29, 0.717) is 15.8 Å². The summed E-state index contributed by atoms with van der Waals surface area (Å²) in [6.45, 7) is 0. The first-order valence-corrected chi connectivity index (χ1v) is 6.62. The van der Waals surface area contributed by atoms with Crippen LogP contribution >= 0.6 is 15.9 Å². The van der Waals surface area contributed by atoms with Crippen molar-refractivity contribution in [1.82, 2.24) is 0 Å². The van der Waals surface area contributed by atoms with Crippen molar-refractivity contribution >= 4 is 21.7 Å². The van der Waals surface area contributed by atoms with E-state index in [0.717, 1.165) is 6.07 Å². The number of halogens is 3. The third kappa shape index (κ3) is 3.04. The number of ketones is 1. The van der Waals surface area contributed by atoms with E-state index in [-0.39, 0.29) is 17.8 Å². The maximum Gasteiger partial charge on any atom is 0.171 e. The molecule has 0 radical (unpaired) electrons. The van der Waals surface area contributed by atoms with E-state index >= 15 is 0 Å². The van der Waals surface area contributed by atoms with Crippen LogP contribution in [-0.2, 0) is 6.42 Å². The van der Waals surface area contributed by atoms with Crippen molar-refractivity contribution in [2.75, 3.05) is 7.11 Å². The number of rotatable bonds is 4. The van der Waals surface area contributed by atoms with Crippen LogP contribution in [0, 0.1) is 11.6 Å². The Balaban J connectivity index is 2.33. The Labute approximate surface area is 123 Å². The van der Waals surface area contributed by atoms with Gasteiger partial charge in [0.1, 0.15) is 5.75 Å². The minimum atomic E-state index is -0.991. The molecule has 0 heterocycles. The summed E-state index contributed by atoms with van der Waals surface area (Å²) in [6, 6.07) is 8.75. The van der Waals surface area contributed by atoms with E-state index in [1.807, 2.05) is 0 Å². The minimum Gasteiger partial charge on any atom is -0.496 e. The molecule has 0 saturated heterocycles. The number of methoxy groups -OCH3 is 1. The average Bonchev–Trinajstić information content (AvgIpc) is 2.43.